The number of amides is 1. The summed E-state index contributed by atoms with van der Waals surface area (Å²) in [5, 5.41) is 13.7. The minimum Gasteiger partial charge on any atom is -0.391 e. The summed E-state index contributed by atoms with van der Waals surface area (Å²) in [4.78, 5) is 15.0. The molecule has 1 heterocycles. The Kier molecular flexibility index (Phi) is 5.39. The number of aryl methyl sites for hydroxylation is 1. The number of hydrogen-bond donors (Lipinski definition) is 3. The maximum absolute atomic E-state index is 11.7. The van der Waals surface area contributed by atoms with Gasteiger partial charge in [0, 0.05) is 30.1 Å². The van der Waals surface area contributed by atoms with Gasteiger partial charge in [0.1, 0.15) is 0 Å². The van der Waals surface area contributed by atoms with Crippen LogP contribution >= 0.6 is 0 Å². The van der Waals surface area contributed by atoms with E-state index in [1.807, 2.05) is 32.2 Å². The Morgan fingerprint density at radius 1 is 1.33 bits per heavy atom. The zero-order valence-electron chi connectivity index (χ0n) is 12.7. The lowest BCUT2D eigenvalue weighted by Gasteiger charge is -2.14. The predicted molar refractivity (Wildman–Crippen MR) is 85.1 cm³/mol. The first kappa shape index (κ1) is 15.6. The van der Waals surface area contributed by atoms with Gasteiger partial charge in [0.2, 0.25) is 5.91 Å². The molecule has 3 N–H and O–H groups in total. The fraction of sp³-hybridized carbons (Fsp3) is 0.471. The maximum Gasteiger partial charge on any atom is 0.220 e. The number of hydrogen-bond acceptors (Lipinski definition) is 2. The predicted octanol–water partition coefficient (Wildman–Crippen LogP) is 2.62. The minimum absolute atomic E-state index is 0.00883. The normalized spacial score (nSPS) is 12.8. The number of nitrogens with one attached hydrogen (secondary N) is 2. The molecule has 2 rings (SSSR count). The van der Waals surface area contributed by atoms with Gasteiger partial charge in [-0.1, -0.05) is 32.0 Å². The van der Waals surface area contributed by atoms with Crippen molar-refractivity contribution in [3.8, 4) is 0 Å². The third kappa shape index (κ3) is 4.33. The van der Waals surface area contributed by atoms with E-state index in [0.29, 0.717) is 13.0 Å². The molecule has 4 heteroatoms. The van der Waals surface area contributed by atoms with Gasteiger partial charge in [0.25, 0.3) is 0 Å². The largest absolute Gasteiger partial charge is 0.391 e. The van der Waals surface area contributed by atoms with Crippen LogP contribution in [0.5, 0.6) is 0 Å². The molecular weight excluding hydrogens is 264 g/mol. The number of aliphatic hydroxyl groups is 1. The molecule has 1 aromatic carbocycles. The molecule has 21 heavy (non-hydrogen) atoms. The third-order valence-electron chi connectivity index (χ3n) is 3.80. The molecule has 1 amide bonds. The number of aliphatic hydroxyl groups excluding tert-OH is 1. The Morgan fingerprint density at radius 2 is 2.10 bits per heavy atom. The smallest absolute Gasteiger partial charge is 0.220 e. The Balaban J connectivity index is 1.75. The molecule has 0 bridgehead atoms. The monoisotopic (exact) mass is 288 g/mol. The highest BCUT2D eigenvalue weighted by molar-refractivity contribution is 5.83. The van der Waals surface area contributed by atoms with E-state index in [1.165, 1.54) is 10.9 Å². The average Bonchev–Trinajstić information content (AvgIpc) is 2.88. The average molecular weight is 288 g/mol. The van der Waals surface area contributed by atoms with Crippen LogP contribution < -0.4 is 5.32 Å². The van der Waals surface area contributed by atoms with Crippen molar-refractivity contribution >= 4 is 16.8 Å². The van der Waals surface area contributed by atoms with Crippen LogP contribution in [0.2, 0.25) is 0 Å². The highest BCUT2D eigenvalue weighted by Gasteiger charge is 2.11. The van der Waals surface area contributed by atoms with Gasteiger partial charge in [-0.25, -0.2) is 0 Å². The Bertz CT molecular complexity index is 589. The summed E-state index contributed by atoms with van der Waals surface area (Å²) in [6.45, 7) is 4.21. The number of para-hydroxylation sites is 1. The van der Waals surface area contributed by atoms with Crippen LogP contribution in [0.15, 0.2) is 30.5 Å². The molecule has 0 radical (unpaired) electrons. The van der Waals surface area contributed by atoms with Crippen molar-refractivity contribution < 1.29 is 9.90 Å². The van der Waals surface area contributed by atoms with Crippen molar-refractivity contribution in [2.24, 2.45) is 5.92 Å². The van der Waals surface area contributed by atoms with Gasteiger partial charge in [-0.15, -0.1) is 0 Å². The van der Waals surface area contributed by atoms with Crippen LogP contribution in [0.25, 0.3) is 10.9 Å². The molecule has 0 aliphatic heterocycles. The zero-order valence-corrected chi connectivity index (χ0v) is 12.7. The topological polar surface area (TPSA) is 65.1 Å². The van der Waals surface area contributed by atoms with Crippen molar-refractivity contribution in [3.05, 3.63) is 36.0 Å². The molecule has 4 nitrogen and oxygen atoms in total. The summed E-state index contributed by atoms with van der Waals surface area (Å²) in [7, 11) is 0. The summed E-state index contributed by atoms with van der Waals surface area (Å²) < 4.78 is 0. The Hall–Kier alpha value is -1.81. The van der Waals surface area contributed by atoms with Crippen molar-refractivity contribution in [2.45, 2.75) is 39.2 Å². The van der Waals surface area contributed by atoms with Crippen molar-refractivity contribution in [1.29, 1.82) is 0 Å². The van der Waals surface area contributed by atoms with E-state index in [1.54, 1.807) is 0 Å². The minimum atomic E-state index is -0.470. The van der Waals surface area contributed by atoms with Gasteiger partial charge in [-0.3, -0.25) is 4.79 Å². The second-order valence-corrected chi connectivity index (χ2v) is 5.83. The molecule has 1 unspecified atom stereocenters. The lowest BCUT2D eigenvalue weighted by molar-refractivity contribution is -0.121. The molecule has 0 spiro atoms. The number of rotatable bonds is 7. The van der Waals surface area contributed by atoms with Gasteiger partial charge < -0.3 is 15.4 Å². The van der Waals surface area contributed by atoms with E-state index in [2.05, 4.69) is 22.4 Å². The van der Waals surface area contributed by atoms with Crippen LogP contribution in [0.1, 0.15) is 32.3 Å². The van der Waals surface area contributed by atoms with E-state index in [9.17, 15) is 9.90 Å². The highest BCUT2D eigenvalue weighted by atomic mass is 16.3. The summed E-state index contributed by atoms with van der Waals surface area (Å²) >= 11 is 0. The van der Waals surface area contributed by atoms with E-state index in [0.717, 1.165) is 18.4 Å². The van der Waals surface area contributed by atoms with E-state index < -0.39 is 6.10 Å². The first-order valence-electron chi connectivity index (χ1n) is 7.57. The van der Waals surface area contributed by atoms with Crippen LogP contribution in [0.3, 0.4) is 0 Å². The standard InChI is InChI=1S/C17H24N2O2/c1-12(2)16(20)11-19-17(21)9-5-6-13-10-18-15-8-4-3-7-14(13)15/h3-4,7-8,10,12,16,18,20H,5-6,9,11H2,1-2H3,(H,19,21). The van der Waals surface area contributed by atoms with Crippen LogP contribution in [-0.4, -0.2) is 28.6 Å². The molecule has 0 aliphatic rings. The number of fused-ring (bicyclic) bond motifs is 1. The van der Waals surface area contributed by atoms with E-state index >= 15 is 0 Å². The highest BCUT2D eigenvalue weighted by Crippen LogP contribution is 2.19. The van der Waals surface area contributed by atoms with Crippen molar-refractivity contribution in [3.63, 3.8) is 0 Å². The Morgan fingerprint density at radius 3 is 2.86 bits per heavy atom. The summed E-state index contributed by atoms with van der Waals surface area (Å²) in [6.07, 6.45) is 3.73. The van der Waals surface area contributed by atoms with Crippen LogP contribution in [0, 0.1) is 5.92 Å². The summed E-state index contributed by atoms with van der Waals surface area (Å²) in [5.74, 6) is 0.172. The number of aromatic nitrogens is 1. The molecule has 0 aliphatic carbocycles. The van der Waals surface area contributed by atoms with Crippen molar-refractivity contribution in [1.82, 2.24) is 10.3 Å². The first-order chi connectivity index (χ1) is 10.1. The number of aromatic amines is 1. The van der Waals surface area contributed by atoms with Crippen LogP contribution in [0.4, 0.5) is 0 Å². The van der Waals surface area contributed by atoms with Gasteiger partial charge in [-0.05, 0) is 30.4 Å². The van der Waals surface area contributed by atoms with Gasteiger partial charge >= 0.3 is 0 Å². The number of carbonyl (C=O) groups excluding carboxylic acids is 1. The quantitative estimate of drug-likeness (QED) is 0.733. The van der Waals surface area contributed by atoms with Gasteiger partial charge in [0.05, 0.1) is 6.10 Å². The zero-order chi connectivity index (χ0) is 15.2. The SMILES string of the molecule is CC(C)C(O)CNC(=O)CCCc1c[nH]c2ccccc12. The van der Waals surface area contributed by atoms with E-state index in [-0.39, 0.29) is 11.8 Å². The van der Waals surface area contributed by atoms with E-state index in [4.69, 9.17) is 0 Å². The third-order valence-corrected chi connectivity index (χ3v) is 3.80. The molecule has 0 fully saturated rings. The molecule has 2 aromatic rings. The Labute approximate surface area is 125 Å². The first-order valence-corrected chi connectivity index (χ1v) is 7.57. The summed E-state index contributed by atoms with van der Waals surface area (Å²) in [6, 6.07) is 8.19. The fourth-order valence-electron chi connectivity index (χ4n) is 2.32. The number of carbonyl (C=O) groups is 1. The molecular formula is C17H24N2O2. The second kappa shape index (κ2) is 7.27. The molecule has 0 saturated heterocycles. The van der Waals surface area contributed by atoms with Gasteiger partial charge in [0.15, 0.2) is 0 Å². The maximum atomic E-state index is 11.7. The number of H-pyrrole nitrogens is 1. The molecule has 0 saturated carbocycles. The summed E-state index contributed by atoms with van der Waals surface area (Å²) in [5.41, 5.74) is 2.39. The molecule has 1 aromatic heterocycles. The van der Waals surface area contributed by atoms with Gasteiger partial charge in [-0.2, -0.15) is 0 Å². The lowest BCUT2D eigenvalue weighted by atomic mass is 10.1. The lowest BCUT2D eigenvalue weighted by Crippen LogP contribution is -2.34. The van der Waals surface area contributed by atoms with Crippen molar-refractivity contribution in [2.75, 3.05) is 6.54 Å². The molecule has 1 atom stereocenters. The molecule has 114 valence electrons. The second-order valence-electron chi connectivity index (χ2n) is 5.83. The fourth-order valence-corrected chi connectivity index (χ4v) is 2.32. The van der Waals surface area contributed by atoms with Crippen LogP contribution in [-0.2, 0) is 11.2 Å². The number of benzene rings is 1.